The van der Waals surface area contributed by atoms with Crippen LogP contribution < -0.4 is 4.74 Å². The molecule has 0 radical (unpaired) electrons. The van der Waals surface area contributed by atoms with Gasteiger partial charge in [0.2, 0.25) is 5.82 Å². The highest BCUT2D eigenvalue weighted by Crippen LogP contribution is 2.28. The third kappa shape index (κ3) is 2.42. The van der Waals surface area contributed by atoms with E-state index in [4.69, 9.17) is 9.84 Å². The van der Waals surface area contributed by atoms with Crippen molar-refractivity contribution in [2.24, 2.45) is 0 Å². The second-order valence-electron chi connectivity index (χ2n) is 4.05. The van der Waals surface area contributed by atoms with Crippen molar-refractivity contribution < 1.29 is 23.4 Å². The average molecular weight is 280 g/mol. The van der Waals surface area contributed by atoms with Crippen LogP contribution in [0, 0.1) is 25.5 Å². The van der Waals surface area contributed by atoms with E-state index in [1.165, 1.54) is 19.1 Å². The van der Waals surface area contributed by atoms with Crippen molar-refractivity contribution in [3.05, 3.63) is 46.7 Å². The Morgan fingerprint density at radius 2 is 1.95 bits per heavy atom. The van der Waals surface area contributed by atoms with Crippen molar-refractivity contribution in [3.8, 4) is 11.6 Å². The van der Waals surface area contributed by atoms with Gasteiger partial charge in [-0.15, -0.1) is 5.10 Å². The van der Waals surface area contributed by atoms with Crippen LogP contribution >= 0.6 is 0 Å². The fourth-order valence-electron chi connectivity index (χ4n) is 1.58. The molecule has 0 saturated heterocycles. The van der Waals surface area contributed by atoms with Crippen LogP contribution in [0.5, 0.6) is 11.6 Å². The van der Waals surface area contributed by atoms with Crippen LogP contribution in [0.2, 0.25) is 0 Å². The third-order valence-corrected chi connectivity index (χ3v) is 2.76. The molecule has 1 N–H and O–H groups in total. The van der Waals surface area contributed by atoms with E-state index < -0.39 is 23.4 Å². The predicted molar refractivity (Wildman–Crippen MR) is 64.9 cm³/mol. The van der Waals surface area contributed by atoms with Crippen molar-refractivity contribution >= 4 is 5.97 Å². The molecule has 0 aliphatic heterocycles. The van der Waals surface area contributed by atoms with Crippen molar-refractivity contribution in [1.82, 2.24) is 10.2 Å². The topological polar surface area (TPSA) is 72.3 Å². The van der Waals surface area contributed by atoms with Crippen LogP contribution in [0.15, 0.2) is 18.2 Å². The number of aromatic nitrogens is 2. The number of hydrogen-bond acceptors (Lipinski definition) is 4. The molecular formula is C13H10F2N2O3. The molecule has 0 aliphatic rings. The molecule has 104 valence electrons. The average Bonchev–Trinajstić information content (AvgIpc) is 2.39. The lowest BCUT2D eigenvalue weighted by molar-refractivity contribution is 0.0691. The van der Waals surface area contributed by atoms with Gasteiger partial charge in [-0.1, -0.05) is 6.07 Å². The Morgan fingerprint density at radius 1 is 1.25 bits per heavy atom. The molecule has 2 rings (SSSR count). The van der Waals surface area contributed by atoms with E-state index in [0.717, 1.165) is 6.07 Å². The highest BCUT2D eigenvalue weighted by Gasteiger charge is 2.21. The van der Waals surface area contributed by atoms with Gasteiger partial charge in [0.15, 0.2) is 11.6 Å². The monoisotopic (exact) mass is 280 g/mol. The lowest BCUT2D eigenvalue weighted by atomic mass is 10.1. The Balaban J connectivity index is 2.52. The molecule has 5 nitrogen and oxygen atoms in total. The number of aromatic carboxylic acids is 1. The van der Waals surface area contributed by atoms with E-state index in [0.29, 0.717) is 11.3 Å². The standard InChI is InChI=1S/C13H10F2N2O3/c1-6-7(2)16-17-12(10(6)13(18)19)20-9-5-3-4-8(14)11(9)15/h3-5H,1-2H3,(H,18,19). The molecule has 1 heterocycles. The number of benzene rings is 1. The van der Waals surface area contributed by atoms with Gasteiger partial charge in [-0.05, 0) is 31.5 Å². The van der Waals surface area contributed by atoms with Crippen molar-refractivity contribution in [2.45, 2.75) is 13.8 Å². The van der Waals surface area contributed by atoms with Gasteiger partial charge >= 0.3 is 5.97 Å². The minimum atomic E-state index is -1.28. The normalized spacial score (nSPS) is 10.4. The lowest BCUT2D eigenvalue weighted by Gasteiger charge is -2.10. The van der Waals surface area contributed by atoms with Gasteiger partial charge < -0.3 is 9.84 Å². The molecule has 0 amide bonds. The predicted octanol–water partition coefficient (Wildman–Crippen LogP) is 2.86. The second kappa shape index (κ2) is 5.20. The molecule has 2 aromatic rings. The van der Waals surface area contributed by atoms with E-state index in [1.807, 2.05) is 0 Å². The summed E-state index contributed by atoms with van der Waals surface area (Å²) >= 11 is 0. The molecular weight excluding hydrogens is 270 g/mol. The van der Waals surface area contributed by atoms with Gasteiger partial charge in [-0.3, -0.25) is 0 Å². The number of halogens is 2. The molecule has 0 fully saturated rings. The highest BCUT2D eigenvalue weighted by molar-refractivity contribution is 5.92. The first kappa shape index (κ1) is 13.9. The summed E-state index contributed by atoms with van der Waals surface area (Å²) in [7, 11) is 0. The fraction of sp³-hybridized carbons (Fsp3) is 0.154. The number of carbonyl (C=O) groups is 1. The van der Waals surface area contributed by atoms with Gasteiger partial charge in [-0.25, -0.2) is 9.18 Å². The number of aryl methyl sites for hydroxylation is 1. The highest BCUT2D eigenvalue weighted by atomic mass is 19.2. The summed E-state index contributed by atoms with van der Waals surface area (Å²) in [5.41, 5.74) is 0.523. The van der Waals surface area contributed by atoms with Crippen molar-refractivity contribution in [3.63, 3.8) is 0 Å². The zero-order chi connectivity index (χ0) is 14.9. The number of ether oxygens (including phenoxy) is 1. The van der Waals surface area contributed by atoms with Gasteiger partial charge in [0.25, 0.3) is 5.88 Å². The summed E-state index contributed by atoms with van der Waals surface area (Å²) in [6.45, 7) is 3.11. The summed E-state index contributed by atoms with van der Waals surface area (Å²) in [6.07, 6.45) is 0. The second-order valence-corrected chi connectivity index (χ2v) is 4.05. The first-order valence-corrected chi connectivity index (χ1v) is 5.61. The maximum absolute atomic E-state index is 13.5. The Morgan fingerprint density at radius 3 is 2.60 bits per heavy atom. The van der Waals surface area contributed by atoms with E-state index in [1.54, 1.807) is 6.92 Å². The Bertz CT molecular complexity index is 690. The Kier molecular flexibility index (Phi) is 3.60. The third-order valence-electron chi connectivity index (χ3n) is 2.76. The number of carboxylic acids is 1. The molecule has 0 bridgehead atoms. The molecule has 7 heteroatoms. The molecule has 0 unspecified atom stereocenters. The summed E-state index contributed by atoms with van der Waals surface area (Å²) in [4.78, 5) is 11.2. The van der Waals surface area contributed by atoms with Crippen LogP contribution in [0.3, 0.4) is 0 Å². The number of hydrogen-bond donors (Lipinski definition) is 1. The largest absolute Gasteiger partial charge is 0.477 e. The minimum absolute atomic E-state index is 0.235. The van der Waals surface area contributed by atoms with Crippen LogP contribution in [-0.4, -0.2) is 21.3 Å². The molecule has 0 atom stereocenters. The van der Waals surface area contributed by atoms with Crippen molar-refractivity contribution in [2.75, 3.05) is 0 Å². The molecule has 1 aromatic heterocycles. The smallest absolute Gasteiger partial charge is 0.341 e. The van der Waals surface area contributed by atoms with E-state index in [2.05, 4.69) is 10.2 Å². The lowest BCUT2D eigenvalue weighted by Crippen LogP contribution is -2.09. The maximum atomic E-state index is 13.5. The van der Waals surface area contributed by atoms with E-state index in [9.17, 15) is 13.6 Å². The van der Waals surface area contributed by atoms with Gasteiger partial charge in [0, 0.05) is 0 Å². The first-order chi connectivity index (χ1) is 9.41. The minimum Gasteiger partial charge on any atom is -0.477 e. The molecule has 20 heavy (non-hydrogen) atoms. The Hall–Kier alpha value is -2.57. The van der Waals surface area contributed by atoms with Gasteiger partial charge in [0.05, 0.1) is 5.69 Å². The van der Waals surface area contributed by atoms with Crippen LogP contribution in [0.1, 0.15) is 21.6 Å². The first-order valence-electron chi connectivity index (χ1n) is 5.61. The molecule has 1 aromatic carbocycles. The summed E-state index contributed by atoms with van der Waals surface area (Å²) < 4.78 is 31.6. The summed E-state index contributed by atoms with van der Waals surface area (Å²) in [5, 5.41) is 16.5. The van der Waals surface area contributed by atoms with Crippen molar-refractivity contribution in [1.29, 1.82) is 0 Å². The molecule has 0 aliphatic carbocycles. The number of rotatable bonds is 3. The fourth-order valence-corrected chi connectivity index (χ4v) is 1.58. The van der Waals surface area contributed by atoms with Gasteiger partial charge in [-0.2, -0.15) is 9.49 Å². The summed E-state index contributed by atoms with van der Waals surface area (Å²) in [6, 6.07) is 3.33. The molecule has 0 spiro atoms. The van der Waals surface area contributed by atoms with Crippen LogP contribution in [0.25, 0.3) is 0 Å². The quantitative estimate of drug-likeness (QED) is 0.935. The number of nitrogens with zero attached hydrogens (tertiary/aromatic N) is 2. The van der Waals surface area contributed by atoms with Crippen LogP contribution in [-0.2, 0) is 0 Å². The SMILES string of the molecule is Cc1nnc(Oc2cccc(F)c2F)c(C(=O)O)c1C. The Labute approximate surface area is 112 Å². The summed E-state index contributed by atoms with van der Waals surface area (Å²) in [5.74, 6) is -4.44. The molecule has 0 saturated carbocycles. The zero-order valence-electron chi connectivity index (χ0n) is 10.6. The van der Waals surface area contributed by atoms with E-state index in [-0.39, 0.29) is 11.4 Å². The van der Waals surface area contributed by atoms with Gasteiger partial charge in [0.1, 0.15) is 5.56 Å². The van der Waals surface area contributed by atoms with E-state index >= 15 is 0 Å². The maximum Gasteiger partial charge on any atom is 0.341 e. The zero-order valence-corrected chi connectivity index (χ0v) is 10.6. The number of carboxylic acid groups (broad SMARTS) is 1. The van der Waals surface area contributed by atoms with Crippen LogP contribution in [0.4, 0.5) is 8.78 Å².